The highest BCUT2D eigenvalue weighted by atomic mass is 32.1. The van der Waals surface area contributed by atoms with Crippen molar-refractivity contribution in [3.05, 3.63) is 17.3 Å². The first-order valence-electron chi connectivity index (χ1n) is 8.51. The van der Waals surface area contributed by atoms with Crippen molar-refractivity contribution in [3.8, 4) is 10.8 Å². The Bertz CT molecular complexity index is 684. The van der Waals surface area contributed by atoms with Gasteiger partial charge in [0, 0.05) is 12.3 Å². The number of carbonyl (C=O) groups excluding carboxylic acids is 1. The predicted octanol–water partition coefficient (Wildman–Crippen LogP) is 4.58. The van der Waals surface area contributed by atoms with Gasteiger partial charge in [-0.25, -0.2) is 0 Å². The summed E-state index contributed by atoms with van der Waals surface area (Å²) in [6.07, 6.45) is 9.09. The molecule has 2 saturated carbocycles. The normalized spacial score (nSPS) is 18.4. The summed E-state index contributed by atoms with van der Waals surface area (Å²) in [6.45, 7) is 0. The first kappa shape index (κ1) is 14.9. The average molecular weight is 331 g/mol. The molecule has 2 aromatic heterocycles. The van der Waals surface area contributed by atoms with Crippen molar-refractivity contribution in [2.24, 2.45) is 5.92 Å². The SMILES string of the molecule is O=C(CCC1CCCC1)Nc1ccsc1-c1nc(C2CC2)no1. The number of thiophene rings is 1. The van der Waals surface area contributed by atoms with Crippen LogP contribution in [0.1, 0.15) is 63.1 Å². The van der Waals surface area contributed by atoms with E-state index in [1.807, 2.05) is 11.4 Å². The maximum Gasteiger partial charge on any atom is 0.270 e. The highest BCUT2D eigenvalue weighted by molar-refractivity contribution is 7.14. The summed E-state index contributed by atoms with van der Waals surface area (Å²) in [5.41, 5.74) is 0.789. The number of nitrogens with zero attached hydrogens (tertiary/aromatic N) is 2. The molecule has 0 radical (unpaired) electrons. The molecular weight excluding hydrogens is 310 g/mol. The van der Waals surface area contributed by atoms with Crippen molar-refractivity contribution >= 4 is 22.9 Å². The minimum Gasteiger partial charge on any atom is -0.333 e. The number of rotatable bonds is 6. The van der Waals surface area contributed by atoms with E-state index in [1.54, 1.807) is 0 Å². The van der Waals surface area contributed by atoms with Crippen molar-refractivity contribution in [1.29, 1.82) is 0 Å². The third-order valence-corrected chi connectivity index (χ3v) is 5.67. The zero-order chi connectivity index (χ0) is 15.6. The molecule has 4 rings (SSSR count). The van der Waals surface area contributed by atoms with Crippen LogP contribution in [0, 0.1) is 5.92 Å². The van der Waals surface area contributed by atoms with Crippen LogP contribution in [0.5, 0.6) is 0 Å². The quantitative estimate of drug-likeness (QED) is 0.841. The second-order valence-electron chi connectivity index (χ2n) is 6.63. The lowest BCUT2D eigenvalue weighted by molar-refractivity contribution is -0.116. The van der Waals surface area contributed by atoms with Crippen molar-refractivity contribution in [2.75, 3.05) is 5.32 Å². The minimum absolute atomic E-state index is 0.0819. The lowest BCUT2D eigenvalue weighted by atomic mass is 10.0. The molecule has 0 aromatic carbocycles. The molecule has 1 N–H and O–H groups in total. The Morgan fingerprint density at radius 2 is 2.13 bits per heavy atom. The van der Waals surface area contributed by atoms with Crippen LogP contribution in [0.2, 0.25) is 0 Å². The second-order valence-corrected chi connectivity index (χ2v) is 7.55. The molecule has 122 valence electrons. The van der Waals surface area contributed by atoms with Crippen LogP contribution in [-0.2, 0) is 4.79 Å². The molecule has 0 spiro atoms. The van der Waals surface area contributed by atoms with E-state index in [9.17, 15) is 4.79 Å². The minimum atomic E-state index is 0.0819. The molecule has 23 heavy (non-hydrogen) atoms. The van der Waals surface area contributed by atoms with Crippen LogP contribution in [-0.4, -0.2) is 16.0 Å². The van der Waals surface area contributed by atoms with Crippen LogP contribution in [0.4, 0.5) is 5.69 Å². The van der Waals surface area contributed by atoms with Crippen LogP contribution >= 0.6 is 11.3 Å². The molecular formula is C17H21N3O2S. The van der Waals surface area contributed by atoms with E-state index in [4.69, 9.17) is 4.52 Å². The zero-order valence-electron chi connectivity index (χ0n) is 13.1. The Labute approximate surface area is 139 Å². The van der Waals surface area contributed by atoms with E-state index in [0.717, 1.165) is 41.6 Å². The molecule has 0 atom stereocenters. The van der Waals surface area contributed by atoms with Gasteiger partial charge in [0.15, 0.2) is 5.82 Å². The van der Waals surface area contributed by atoms with Gasteiger partial charge >= 0.3 is 0 Å². The highest BCUT2D eigenvalue weighted by Crippen LogP contribution is 2.40. The van der Waals surface area contributed by atoms with Crippen molar-refractivity contribution in [3.63, 3.8) is 0 Å². The molecule has 0 bridgehead atoms. The first-order chi connectivity index (χ1) is 11.3. The van der Waals surface area contributed by atoms with E-state index in [0.29, 0.717) is 18.2 Å². The number of carbonyl (C=O) groups is 1. The van der Waals surface area contributed by atoms with Gasteiger partial charge < -0.3 is 9.84 Å². The number of amides is 1. The first-order valence-corrected chi connectivity index (χ1v) is 9.39. The van der Waals surface area contributed by atoms with E-state index in [-0.39, 0.29) is 5.91 Å². The Morgan fingerprint density at radius 3 is 2.91 bits per heavy atom. The fourth-order valence-electron chi connectivity index (χ4n) is 3.25. The Morgan fingerprint density at radius 1 is 1.30 bits per heavy atom. The van der Waals surface area contributed by atoms with E-state index >= 15 is 0 Å². The highest BCUT2D eigenvalue weighted by Gasteiger charge is 2.29. The van der Waals surface area contributed by atoms with E-state index in [1.165, 1.54) is 37.0 Å². The fraction of sp³-hybridized carbons (Fsp3) is 0.588. The van der Waals surface area contributed by atoms with E-state index in [2.05, 4.69) is 15.5 Å². The van der Waals surface area contributed by atoms with E-state index < -0.39 is 0 Å². The lowest BCUT2D eigenvalue weighted by Crippen LogP contribution is -2.12. The summed E-state index contributed by atoms with van der Waals surface area (Å²) < 4.78 is 5.37. The number of anilines is 1. The predicted molar refractivity (Wildman–Crippen MR) is 89.4 cm³/mol. The topological polar surface area (TPSA) is 68.0 Å². The molecule has 0 unspecified atom stereocenters. The monoisotopic (exact) mass is 331 g/mol. The Kier molecular flexibility index (Phi) is 4.16. The maximum absolute atomic E-state index is 12.2. The third kappa shape index (κ3) is 3.47. The molecule has 5 nitrogen and oxygen atoms in total. The fourth-order valence-corrected chi connectivity index (χ4v) is 4.02. The standard InChI is InChI=1S/C17H21N3O2S/c21-14(8-5-11-3-1-2-4-11)18-13-9-10-23-15(13)17-19-16(20-22-17)12-6-7-12/h9-12H,1-8H2,(H,18,21). The molecule has 2 aliphatic rings. The van der Waals surface area contributed by atoms with Crippen LogP contribution in [0.25, 0.3) is 10.8 Å². The largest absolute Gasteiger partial charge is 0.333 e. The van der Waals surface area contributed by atoms with Crippen LogP contribution in [0.15, 0.2) is 16.0 Å². The van der Waals surface area contributed by atoms with Gasteiger partial charge in [0.05, 0.1) is 5.69 Å². The summed E-state index contributed by atoms with van der Waals surface area (Å²) in [5.74, 6) is 2.61. The van der Waals surface area contributed by atoms with Gasteiger partial charge in [-0.1, -0.05) is 30.8 Å². The second kappa shape index (κ2) is 6.43. The third-order valence-electron chi connectivity index (χ3n) is 4.77. The molecule has 0 saturated heterocycles. The van der Waals surface area contributed by atoms with Crippen molar-refractivity contribution in [1.82, 2.24) is 10.1 Å². The van der Waals surface area contributed by atoms with Gasteiger partial charge in [0.25, 0.3) is 5.89 Å². The Balaban J connectivity index is 1.38. The molecule has 2 heterocycles. The lowest BCUT2D eigenvalue weighted by Gasteiger charge is -2.08. The average Bonchev–Trinajstić information content (AvgIpc) is 2.99. The summed E-state index contributed by atoms with van der Waals surface area (Å²) >= 11 is 1.52. The van der Waals surface area contributed by atoms with Crippen LogP contribution < -0.4 is 5.32 Å². The number of aromatic nitrogens is 2. The number of hydrogen-bond donors (Lipinski definition) is 1. The molecule has 0 aliphatic heterocycles. The summed E-state index contributed by atoms with van der Waals surface area (Å²) in [7, 11) is 0. The molecule has 1 amide bonds. The molecule has 2 aliphatic carbocycles. The Hall–Kier alpha value is -1.69. The number of nitrogens with one attached hydrogen (secondary N) is 1. The molecule has 6 heteroatoms. The van der Waals surface area contributed by atoms with Gasteiger partial charge in [-0.2, -0.15) is 4.98 Å². The zero-order valence-corrected chi connectivity index (χ0v) is 13.9. The summed E-state index contributed by atoms with van der Waals surface area (Å²) in [5, 5.41) is 9.01. The van der Waals surface area contributed by atoms with Gasteiger partial charge in [-0.3, -0.25) is 4.79 Å². The smallest absolute Gasteiger partial charge is 0.270 e. The van der Waals surface area contributed by atoms with Crippen molar-refractivity contribution < 1.29 is 9.32 Å². The molecule has 2 aromatic rings. The van der Waals surface area contributed by atoms with Gasteiger partial charge in [-0.15, -0.1) is 11.3 Å². The van der Waals surface area contributed by atoms with Gasteiger partial charge in [0.1, 0.15) is 4.88 Å². The summed E-state index contributed by atoms with van der Waals surface area (Å²) in [4.78, 5) is 17.5. The van der Waals surface area contributed by atoms with Crippen molar-refractivity contribution in [2.45, 2.75) is 57.3 Å². The summed E-state index contributed by atoms with van der Waals surface area (Å²) in [6, 6.07) is 1.91. The number of hydrogen-bond acceptors (Lipinski definition) is 5. The van der Waals surface area contributed by atoms with Gasteiger partial charge in [-0.05, 0) is 36.6 Å². The molecule has 2 fully saturated rings. The van der Waals surface area contributed by atoms with Crippen LogP contribution in [0.3, 0.4) is 0 Å². The maximum atomic E-state index is 12.2. The van der Waals surface area contributed by atoms with Gasteiger partial charge in [0.2, 0.25) is 5.91 Å².